The smallest absolute Gasteiger partial charge is 0.125 e. The number of benzene rings is 1. The molecule has 0 aliphatic rings. The van der Waals surface area contributed by atoms with Crippen LogP contribution in [0.5, 0.6) is 5.75 Å². The van der Waals surface area contributed by atoms with E-state index >= 15 is 0 Å². The molecule has 0 heterocycles. The van der Waals surface area contributed by atoms with E-state index in [1.807, 2.05) is 0 Å². The van der Waals surface area contributed by atoms with E-state index in [9.17, 15) is 0 Å². The van der Waals surface area contributed by atoms with E-state index in [0.717, 1.165) is 11.3 Å². The molecule has 0 bridgehead atoms. The van der Waals surface area contributed by atoms with Crippen LogP contribution in [0, 0.1) is 13.8 Å². The highest BCUT2D eigenvalue weighted by molar-refractivity contribution is 7.80. The molecule has 0 fully saturated rings. The summed E-state index contributed by atoms with van der Waals surface area (Å²) in [7, 11) is 1.70. The molecule has 1 aromatic carbocycles. The van der Waals surface area contributed by atoms with E-state index in [4.69, 9.17) is 22.7 Å². The van der Waals surface area contributed by atoms with Gasteiger partial charge in [0, 0.05) is 6.42 Å². The van der Waals surface area contributed by atoms with Gasteiger partial charge in [-0.3, -0.25) is 0 Å². The molecule has 0 radical (unpaired) electrons. The Morgan fingerprint density at radius 2 is 2.06 bits per heavy atom. The number of aryl methyl sites for hydroxylation is 2. The topological polar surface area (TPSA) is 35.2 Å². The highest BCUT2D eigenvalue weighted by Crippen LogP contribution is 2.32. The summed E-state index contributed by atoms with van der Waals surface area (Å²) in [6.45, 7) is 6.27. The van der Waals surface area contributed by atoms with E-state index in [-0.39, 0.29) is 0 Å². The maximum Gasteiger partial charge on any atom is 0.125 e. The second kappa shape index (κ2) is 5.30. The van der Waals surface area contributed by atoms with Gasteiger partial charge >= 0.3 is 0 Å². The van der Waals surface area contributed by atoms with Crippen molar-refractivity contribution in [3.63, 3.8) is 0 Å². The molecular formula is C13H19NOS. The largest absolute Gasteiger partial charge is 0.496 e. The first kappa shape index (κ1) is 13.0. The van der Waals surface area contributed by atoms with Crippen LogP contribution in [0.1, 0.15) is 36.0 Å². The van der Waals surface area contributed by atoms with Crippen molar-refractivity contribution in [1.29, 1.82) is 0 Å². The Hall–Kier alpha value is -1.09. The maximum atomic E-state index is 5.59. The van der Waals surface area contributed by atoms with Crippen molar-refractivity contribution in [3.8, 4) is 5.75 Å². The molecule has 0 aliphatic carbocycles. The Labute approximate surface area is 103 Å². The van der Waals surface area contributed by atoms with Crippen molar-refractivity contribution in [2.24, 2.45) is 5.73 Å². The van der Waals surface area contributed by atoms with Gasteiger partial charge in [0.15, 0.2) is 0 Å². The first-order chi connectivity index (χ1) is 7.45. The van der Waals surface area contributed by atoms with Gasteiger partial charge in [0.05, 0.1) is 12.1 Å². The summed E-state index contributed by atoms with van der Waals surface area (Å²) < 4.78 is 5.45. The molecule has 3 heteroatoms. The molecule has 88 valence electrons. The molecule has 0 saturated carbocycles. The lowest BCUT2D eigenvalue weighted by Gasteiger charge is -2.18. The molecule has 0 aliphatic heterocycles. The highest BCUT2D eigenvalue weighted by atomic mass is 32.1. The Bertz CT molecular complexity index is 401. The molecule has 1 atom stereocenters. The predicted octanol–water partition coefficient (Wildman–Crippen LogP) is 3.09. The van der Waals surface area contributed by atoms with Crippen LogP contribution in [0.3, 0.4) is 0 Å². The van der Waals surface area contributed by atoms with Crippen molar-refractivity contribution >= 4 is 17.2 Å². The van der Waals surface area contributed by atoms with Gasteiger partial charge in [-0.1, -0.05) is 36.8 Å². The van der Waals surface area contributed by atoms with E-state index in [0.29, 0.717) is 17.3 Å². The number of ether oxygens (including phenoxy) is 1. The molecular weight excluding hydrogens is 218 g/mol. The van der Waals surface area contributed by atoms with Crippen LogP contribution in [-0.2, 0) is 0 Å². The molecule has 1 rings (SSSR count). The van der Waals surface area contributed by atoms with Gasteiger partial charge in [-0.25, -0.2) is 0 Å². The van der Waals surface area contributed by atoms with Crippen LogP contribution >= 0.6 is 12.2 Å². The van der Waals surface area contributed by atoms with E-state index in [2.05, 4.69) is 32.9 Å². The van der Waals surface area contributed by atoms with Gasteiger partial charge in [-0.15, -0.1) is 0 Å². The Morgan fingerprint density at radius 1 is 1.44 bits per heavy atom. The number of hydrogen-bond acceptors (Lipinski definition) is 2. The number of thiocarbonyl (C=S) groups is 1. The van der Waals surface area contributed by atoms with Crippen molar-refractivity contribution in [3.05, 3.63) is 28.8 Å². The minimum atomic E-state index is 0.297. The fraction of sp³-hybridized carbons (Fsp3) is 0.462. The van der Waals surface area contributed by atoms with Crippen LogP contribution < -0.4 is 10.5 Å². The summed E-state index contributed by atoms with van der Waals surface area (Å²) in [4.78, 5) is 0.550. The summed E-state index contributed by atoms with van der Waals surface area (Å²) in [5.74, 6) is 1.25. The van der Waals surface area contributed by atoms with Crippen molar-refractivity contribution in [1.82, 2.24) is 0 Å². The number of methoxy groups -OCH3 is 1. The lowest BCUT2D eigenvalue weighted by Crippen LogP contribution is -2.12. The first-order valence-corrected chi connectivity index (χ1v) is 5.80. The van der Waals surface area contributed by atoms with Crippen LogP contribution in [0.4, 0.5) is 0 Å². The molecule has 0 saturated heterocycles. The number of hydrogen-bond donors (Lipinski definition) is 1. The van der Waals surface area contributed by atoms with Crippen molar-refractivity contribution in [2.45, 2.75) is 33.1 Å². The highest BCUT2D eigenvalue weighted by Gasteiger charge is 2.14. The summed E-state index contributed by atoms with van der Waals surface area (Å²) >= 11 is 4.95. The lowest BCUT2D eigenvalue weighted by molar-refractivity contribution is 0.403. The van der Waals surface area contributed by atoms with Gasteiger partial charge in [0.1, 0.15) is 5.75 Å². The number of nitrogens with two attached hydrogens (primary N) is 1. The SMILES string of the molecule is COc1c(C)cc(C)cc1C(C)CC(N)=S. The molecule has 0 spiro atoms. The van der Waals surface area contributed by atoms with Gasteiger partial charge in [-0.2, -0.15) is 0 Å². The average molecular weight is 237 g/mol. The molecule has 1 aromatic rings. The van der Waals surface area contributed by atoms with Gasteiger partial charge in [0.2, 0.25) is 0 Å². The molecule has 2 N–H and O–H groups in total. The fourth-order valence-corrected chi connectivity index (χ4v) is 2.29. The fourth-order valence-electron chi connectivity index (χ4n) is 2.04. The number of rotatable bonds is 4. The molecule has 0 amide bonds. The lowest BCUT2D eigenvalue weighted by atomic mass is 9.93. The minimum Gasteiger partial charge on any atom is -0.496 e. The standard InChI is InChI=1S/C13H19NOS/c1-8-5-10(3)13(15-4)11(6-8)9(2)7-12(14)16/h5-6,9H,7H2,1-4H3,(H2,14,16). The minimum absolute atomic E-state index is 0.297. The summed E-state index contributed by atoms with van der Waals surface area (Å²) in [6, 6.07) is 4.27. The zero-order chi connectivity index (χ0) is 12.3. The predicted molar refractivity (Wildman–Crippen MR) is 72.3 cm³/mol. The maximum absolute atomic E-state index is 5.59. The second-order valence-electron chi connectivity index (χ2n) is 4.28. The van der Waals surface area contributed by atoms with Crippen LogP contribution in [0.15, 0.2) is 12.1 Å². The first-order valence-electron chi connectivity index (χ1n) is 5.39. The van der Waals surface area contributed by atoms with E-state index < -0.39 is 0 Å². The Kier molecular flexibility index (Phi) is 4.30. The second-order valence-corrected chi connectivity index (χ2v) is 4.80. The van der Waals surface area contributed by atoms with Crippen LogP contribution in [0.2, 0.25) is 0 Å². The Balaban J connectivity index is 3.15. The zero-order valence-corrected chi connectivity index (χ0v) is 11.1. The monoisotopic (exact) mass is 237 g/mol. The summed E-state index contributed by atoms with van der Waals surface area (Å²) in [5.41, 5.74) is 9.18. The normalized spacial score (nSPS) is 12.2. The van der Waals surface area contributed by atoms with E-state index in [1.165, 1.54) is 11.1 Å². The van der Waals surface area contributed by atoms with Gasteiger partial charge in [0.25, 0.3) is 0 Å². The third kappa shape index (κ3) is 2.95. The summed E-state index contributed by atoms with van der Waals surface area (Å²) in [6.07, 6.45) is 0.717. The third-order valence-electron chi connectivity index (χ3n) is 2.69. The molecule has 0 aromatic heterocycles. The van der Waals surface area contributed by atoms with Crippen molar-refractivity contribution in [2.75, 3.05) is 7.11 Å². The van der Waals surface area contributed by atoms with Gasteiger partial charge in [-0.05, 0) is 30.9 Å². The zero-order valence-electron chi connectivity index (χ0n) is 10.3. The van der Waals surface area contributed by atoms with E-state index in [1.54, 1.807) is 7.11 Å². The quantitative estimate of drug-likeness (QED) is 0.817. The summed E-state index contributed by atoms with van der Waals surface area (Å²) in [5, 5.41) is 0. The van der Waals surface area contributed by atoms with Crippen LogP contribution in [0.25, 0.3) is 0 Å². The van der Waals surface area contributed by atoms with Crippen molar-refractivity contribution < 1.29 is 4.74 Å². The average Bonchev–Trinajstić information content (AvgIpc) is 2.15. The molecule has 2 nitrogen and oxygen atoms in total. The molecule has 16 heavy (non-hydrogen) atoms. The molecule has 1 unspecified atom stereocenters. The van der Waals surface area contributed by atoms with Gasteiger partial charge < -0.3 is 10.5 Å². The third-order valence-corrected chi connectivity index (χ3v) is 2.86. The van der Waals surface area contributed by atoms with Crippen LogP contribution in [-0.4, -0.2) is 12.1 Å². The Morgan fingerprint density at radius 3 is 2.56 bits per heavy atom.